The van der Waals surface area contributed by atoms with Crippen LogP contribution in [0.1, 0.15) is 0 Å². The normalized spacial score (nSPS) is 20.2. The Labute approximate surface area is 82.6 Å². The summed E-state index contributed by atoms with van der Waals surface area (Å²) < 4.78 is 5.31. The maximum absolute atomic E-state index is 5.31. The number of morpholine rings is 1. The number of hydrogen-bond donors (Lipinski definition) is 0. The lowest BCUT2D eigenvalue weighted by molar-refractivity contribution is 0.0403. The van der Waals surface area contributed by atoms with Crippen LogP contribution in [-0.4, -0.2) is 45.8 Å². The van der Waals surface area contributed by atoms with Gasteiger partial charge >= 0.3 is 0 Å². The molecule has 0 unspecified atom stereocenters. The summed E-state index contributed by atoms with van der Waals surface area (Å²) in [5.41, 5.74) is 2.19. The minimum atomic E-state index is -1.08. The first-order valence-electron chi connectivity index (χ1n) is 5.08. The third-order valence-corrected chi connectivity index (χ3v) is 5.35. The zero-order valence-corrected chi connectivity index (χ0v) is 9.88. The highest BCUT2D eigenvalue weighted by Crippen LogP contribution is 2.11. The van der Waals surface area contributed by atoms with E-state index in [1.807, 2.05) is 0 Å². The monoisotopic (exact) mass is 199 g/mol. The van der Waals surface area contributed by atoms with Crippen LogP contribution in [0.2, 0.25) is 19.1 Å². The van der Waals surface area contributed by atoms with Gasteiger partial charge in [-0.2, -0.15) is 0 Å². The highest BCUT2D eigenvalue weighted by Gasteiger charge is 2.18. The van der Waals surface area contributed by atoms with E-state index in [1.165, 1.54) is 12.6 Å². The molecule has 0 atom stereocenters. The van der Waals surface area contributed by atoms with E-state index in [4.69, 9.17) is 4.74 Å². The van der Waals surface area contributed by atoms with Crippen molar-refractivity contribution in [1.29, 1.82) is 0 Å². The Morgan fingerprint density at radius 2 is 2.00 bits per heavy atom. The van der Waals surface area contributed by atoms with Crippen molar-refractivity contribution >= 4 is 8.07 Å². The Bertz CT molecular complexity index is 164. The molecule has 2 nitrogen and oxygen atoms in total. The van der Waals surface area contributed by atoms with E-state index < -0.39 is 8.07 Å². The number of nitrogens with zero attached hydrogens (tertiary/aromatic N) is 1. The molecule has 0 bridgehead atoms. The highest BCUT2D eigenvalue weighted by atomic mass is 28.3. The fourth-order valence-electron chi connectivity index (χ4n) is 1.37. The topological polar surface area (TPSA) is 12.5 Å². The Hall–Kier alpha value is -0.123. The van der Waals surface area contributed by atoms with Gasteiger partial charge < -0.3 is 4.74 Å². The molecule has 13 heavy (non-hydrogen) atoms. The molecular formula is C10H21NOSi. The lowest BCUT2D eigenvalue weighted by Gasteiger charge is -2.29. The van der Waals surface area contributed by atoms with Gasteiger partial charge in [-0.3, -0.25) is 4.90 Å². The van der Waals surface area contributed by atoms with Gasteiger partial charge in [0.25, 0.3) is 0 Å². The number of ether oxygens (including phenoxy) is 1. The maximum Gasteiger partial charge on any atom is 0.0722 e. The van der Waals surface area contributed by atoms with Crippen LogP contribution < -0.4 is 0 Å². The van der Waals surface area contributed by atoms with E-state index >= 15 is 0 Å². The molecule has 1 aliphatic heterocycles. The second kappa shape index (κ2) is 4.93. The van der Waals surface area contributed by atoms with Crippen molar-refractivity contribution in [3.63, 3.8) is 0 Å². The Balaban J connectivity index is 2.20. The fourth-order valence-corrected chi connectivity index (χ4v) is 2.47. The first-order chi connectivity index (χ1) is 6.14. The van der Waals surface area contributed by atoms with Gasteiger partial charge in [-0.1, -0.05) is 13.1 Å². The SMILES string of the molecule is C=C[Si](C)(C)CCN1CCOCC1. The second-order valence-electron chi connectivity index (χ2n) is 4.40. The van der Waals surface area contributed by atoms with E-state index in [1.54, 1.807) is 0 Å². The molecule has 0 N–H and O–H groups in total. The predicted octanol–water partition coefficient (Wildman–Crippen LogP) is 1.75. The summed E-state index contributed by atoms with van der Waals surface area (Å²) in [5, 5.41) is 0. The van der Waals surface area contributed by atoms with Gasteiger partial charge in [0.2, 0.25) is 0 Å². The minimum Gasteiger partial charge on any atom is -0.379 e. The Morgan fingerprint density at radius 3 is 2.54 bits per heavy atom. The van der Waals surface area contributed by atoms with E-state index in [9.17, 15) is 0 Å². The number of hydrogen-bond acceptors (Lipinski definition) is 2. The molecule has 0 amide bonds. The predicted molar refractivity (Wildman–Crippen MR) is 59.7 cm³/mol. The van der Waals surface area contributed by atoms with Crippen molar-refractivity contribution in [2.75, 3.05) is 32.8 Å². The molecule has 1 aliphatic rings. The second-order valence-corrected chi connectivity index (χ2v) is 9.28. The van der Waals surface area contributed by atoms with Gasteiger partial charge in [-0.05, 0) is 12.6 Å². The highest BCUT2D eigenvalue weighted by molar-refractivity contribution is 6.82. The Kier molecular flexibility index (Phi) is 4.16. The van der Waals surface area contributed by atoms with Crippen molar-refractivity contribution < 1.29 is 4.74 Å². The van der Waals surface area contributed by atoms with Crippen LogP contribution in [0.25, 0.3) is 0 Å². The van der Waals surface area contributed by atoms with Crippen LogP contribution in [0.3, 0.4) is 0 Å². The van der Waals surface area contributed by atoms with Crippen LogP contribution in [0.4, 0.5) is 0 Å². The van der Waals surface area contributed by atoms with Crippen molar-refractivity contribution in [2.24, 2.45) is 0 Å². The van der Waals surface area contributed by atoms with Gasteiger partial charge in [0.15, 0.2) is 0 Å². The van der Waals surface area contributed by atoms with Crippen LogP contribution in [0.5, 0.6) is 0 Å². The van der Waals surface area contributed by atoms with E-state index in [0.717, 1.165) is 26.3 Å². The lowest BCUT2D eigenvalue weighted by atomic mass is 10.4. The molecular weight excluding hydrogens is 178 g/mol. The molecule has 0 radical (unpaired) electrons. The molecule has 0 aromatic heterocycles. The van der Waals surface area contributed by atoms with Crippen molar-refractivity contribution in [2.45, 2.75) is 19.1 Å². The van der Waals surface area contributed by atoms with E-state index in [2.05, 4.69) is 30.3 Å². The van der Waals surface area contributed by atoms with Crippen molar-refractivity contribution in [3.8, 4) is 0 Å². The zero-order valence-electron chi connectivity index (χ0n) is 8.88. The average molecular weight is 199 g/mol. The molecule has 1 fully saturated rings. The van der Waals surface area contributed by atoms with Gasteiger partial charge in [0.05, 0.1) is 21.3 Å². The summed E-state index contributed by atoms with van der Waals surface area (Å²) in [6.45, 7) is 13.9. The van der Waals surface area contributed by atoms with Gasteiger partial charge in [-0.25, -0.2) is 0 Å². The van der Waals surface area contributed by atoms with Gasteiger partial charge in [-0.15, -0.1) is 12.3 Å². The first-order valence-corrected chi connectivity index (χ1v) is 8.36. The fraction of sp³-hybridized carbons (Fsp3) is 0.800. The van der Waals surface area contributed by atoms with Gasteiger partial charge in [0, 0.05) is 13.1 Å². The third-order valence-electron chi connectivity index (χ3n) is 2.73. The zero-order chi connectivity index (χ0) is 9.73. The molecule has 1 rings (SSSR count). The summed E-state index contributed by atoms with van der Waals surface area (Å²) in [6.07, 6.45) is 0. The van der Waals surface area contributed by atoms with Crippen LogP contribution in [-0.2, 0) is 4.74 Å². The summed E-state index contributed by atoms with van der Waals surface area (Å²) >= 11 is 0. The van der Waals surface area contributed by atoms with Gasteiger partial charge in [0.1, 0.15) is 0 Å². The standard InChI is InChI=1S/C10H21NOSi/c1-4-13(2,3)10-7-11-5-8-12-9-6-11/h4H,1,5-10H2,2-3H3. The minimum absolute atomic E-state index is 0.913. The van der Waals surface area contributed by atoms with Crippen LogP contribution in [0.15, 0.2) is 12.3 Å². The molecule has 1 heterocycles. The quantitative estimate of drug-likeness (QED) is 0.640. The molecule has 0 aliphatic carbocycles. The summed E-state index contributed by atoms with van der Waals surface area (Å²) in [5.74, 6) is 0. The molecule has 0 spiro atoms. The molecule has 76 valence electrons. The van der Waals surface area contributed by atoms with Crippen LogP contribution >= 0.6 is 0 Å². The largest absolute Gasteiger partial charge is 0.379 e. The van der Waals surface area contributed by atoms with E-state index in [-0.39, 0.29) is 0 Å². The van der Waals surface area contributed by atoms with Crippen molar-refractivity contribution in [3.05, 3.63) is 12.3 Å². The van der Waals surface area contributed by atoms with E-state index in [0.29, 0.717) is 0 Å². The Morgan fingerprint density at radius 1 is 1.38 bits per heavy atom. The molecule has 0 aromatic rings. The first kappa shape index (κ1) is 11.0. The molecule has 1 saturated heterocycles. The molecule has 3 heteroatoms. The molecule has 0 aromatic carbocycles. The maximum atomic E-state index is 5.31. The average Bonchev–Trinajstić information content (AvgIpc) is 2.17. The smallest absolute Gasteiger partial charge is 0.0722 e. The van der Waals surface area contributed by atoms with Crippen LogP contribution in [0, 0.1) is 0 Å². The summed E-state index contributed by atoms with van der Waals surface area (Å²) in [6, 6.07) is 1.33. The summed E-state index contributed by atoms with van der Waals surface area (Å²) in [7, 11) is -1.08. The van der Waals surface area contributed by atoms with Crippen molar-refractivity contribution in [1.82, 2.24) is 4.90 Å². The summed E-state index contributed by atoms with van der Waals surface area (Å²) in [4.78, 5) is 2.50. The number of rotatable bonds is 4. The molecule has 0 saturated carbocycles. The lowest BCUT2D eigenvalue weighted by Crippen LogP contribution is -2.39. The third kappa shape index (κ3) is 4.07.